The Hall–Kier alpha value is -4.10. The lowest BCUT2D eigenvalue weighted by molar-refractivity contribution is 0.0930. The molecule has 1 saturated heterocycles. The molecule has 3 unspecified atom stereocenters. The van der Waals surface area contributed by atoms with Crippen molar-refractivity contribution in [2.45, 2.75) is 70.5 Å². The molecule has 0 amide bonds. The second-order valence-corrected chi connectivity index (χ2v) is 11.0. The van der Waals surface area contributed by atoms with Crippen molar-refractivity contribution in [2.75, 3.05) is 18.0 Å². The zero-order valence-corrected chi connectivity index (χ0v) is 23.4. The molecule has 3 aromatic heterocycles. The summed E-state index contributed by atoms with van der Waals surface area (Å²) in [5, 5.41) is 13.9. The number of pyridine rings is 1. The molecule has 10 heteroatoms. The normalized spacial score (nSPS) is 20.5. The molecule has 1 saturated carbocycles. The van der Waals surface area contributed by atoms with Crippen molar-refractivity contribution >= 4 is 16.9 Å². The number of anilines is 1. The summed E-state index contributed by atoms with van der Waals surface area (Å²) in [4.78, 5) is 31.6. The maximum atomic E-state index is 12.9. The molecule has 206 valence electrons. The minimum Gasteiger partial charge on any atom is -0.349 e. The van der Waals surface area contributed by atoms with Gasteiger partial charge in [0.15, 0.2) is 11.6 Å². The Morgan fingerprint density at radius 1 is 1.02 bits per heavy atom. The van der Waals surface area contributed by atoms with Gasteiger partial charge in [0.05, 0.1) is 5.52 Å². The van der Waals surface area contributed by atoms with Gasteiger partial charge in [-0.15, -0.1) is 0 Å². The van der Waals surface area contributed by atoms with Crippen molar-refractivity contribution in [3.05, 3.63) is 75.4 Å². The van der Waals surface area contributed by atoms with Gasteiger partial charge in [0.1, 0.15) is 23.3 Å². The molecule has 0 N–H and O–H groups in total. The minimum atomic E-state index is -0.338. The molecule has 6 rings (SSSR count). The van der Waals surface area contributed by atoms with Crippen LogP contribution in [-0.2, 0) is 7.05 Å². The van der Waals surface area contributed by atoms with Crippen molar-refractivity contribution in [2.24, 2.45) is 7.05 Å². The summed E-state index contributed by atoms with van der Waals surface area (Å²) in [6.07, 6.45) is 3.93. The summed E-state index contributed by atoms with van der Waals surface area (Å²) < 4.78 is 7.43. The lowest BCUT2D eigenvalue weighted by atomic mass is 9.95. The van der Waals surface area contributed by atoms with Crippen molar-refractivity contribution < 1.29 is 4.52 Å². The van der Waals surface area contributed by atoms with E-state index in [1.54, 1.807) is 19.2 Å². The number of piperazine rings is 1. The van der Waals surface area contributed by atoms with Crippen LogP contribution in [0, 0.1) is 18.3 Å². The van der Waals surface area contributed by atoms with Crippen molar-refractivity contribution in [1.82, 2.24) is 29.6 Å². The van der Waals surface area contributed by atoms with E-state index in [9.17, 15) is 10.1 Å². The van der Waals surface area contributed by atoms with Crippen LogP contribution >= 0.6 is 0 Å². The number of aromatic nitrogens is 5. The third-order valence-corrected chi connectivity index (χ3v) is 8.36. The molecule has 4 aromatic rings. The predicted molar refractivity (Wildman–Crippen MR) is 151 cm³/mol. The maximum Gasteiger partial charge on any atom is 0.349 e. The predicted octanol–water partition coefficient (Wildman–Crippen LogP) is 4.24. The maximum absolute atomic E-state index is 12.9. The second kappa shape index (κ2) is 10.5. The third-order valence-electron chi connectivity index (χ3n) is 8.36. The zero-order valence-electron chi connectivity index (χ0n) is 23.4. The Bertz CT molecular complexity index is 1630. The van der Waals surface area contributed by atoms with E-state index in [0.717, 1.165) is 37.1 Å². The molecule has 4 heterocycles. The van der Waals surface area contributed by atoms with Gasteiger partial charge in [-0.1, -0.05) is 48.8 Å². The highest BCUT2D eigenvalue weighted by Gasteiger charge is 2.41. The molecule has 2 aliphatic rings. The van der Waals surface area contributed by atoms with E-state index in [2.05, 4.69) is 76.0 Å². The van der Waals surface area contributed by atoms with E-state index in [-0.39, 0.29) is 23.8 Å². The molecule has 0 spiro atoms. The van der Waals surface area contributed by atoms with Crippen LogP contribution in [0.4, 0.5) is 5.82 Å². The monoisotopic (exact) mass is 538 g/mol. The zero-order chi connectivity index (χ0) is 28.0. The molecule has 0 bridgehead atoms. The van der Waals surface area contributed by atoms with Gasteiger partial charge in [0.25, 0.3) is 0 Å². The van der Waals surface area contributed by atoms with Gasteiger partial charge in [0.2, 0.25) is 5.89 Å². The first-order valence-electron chi connectivity index (χ1n) is 14.1. The standard InChI is InChI=1S/C30H34N8O2/c1-5-22-17-38(28-25-24(36(4)30(39)34-28)14-13-21(15-31)32-25)23(6-2)16-37(22)26(19-9-7-18(3)8-10-19)29-33-27(35-40-29)20-11-12-20/h7-10,13-14,20,22-23,26H,5-6,11-12,16-17H2,1-4H3. The number of hydrogen-bond donors (Lipinski definition) is 0. The summed E-state index contributed by atoms with van der Waals surface area (Å²) >= 11 is 0. The van der Waals surface area contributed by atoms with Gasteiger partial charge in [-0.2, -0.15) is 15.2 Å². The topological polar surface area (TPSA) is 117 Å². The van der Waals surface area contributed by atoms with E-state index in [1.807, 2.05) is 0 Å². The number of rotatable bonds is 7. The fraction of sp³-hybridized carbons (Fsp3) is 0.467. The number of aryl methyl sites for hydroxylation is 2. The molecule has 40 heavy (non-hydrogen) atoms. The van der Waals surface area contributed by atoms with E-state index in [4.69, 9.17) is 9.51 Å². The van der Waals surface area contributed by atoms with Crippen molar-refractivity contribution in [3.63, 3.8) is 0 Å². The van der Waals surface area contributed by atoms with E-state index in [0.29, 0.717) is 47.4 Å². The van der Waals surface area contributed by atoms with Crippen LogP contribution in [0.25, 0.3) is 11.0 Å². The van der Waals surface area contributed by atoms with Gasteiger partial charge in [-0.25, -0.2) is 9.78 Å². The quantitative estimate of drug-likeness (QED) is 0.340. The number of hydrogen-bond acceptors (Lipinski definition) is 9. The van der Waals surface area contributed by atoms with Gasteiger partial charge in [0, 0.05) is 38.1 Å². The second-order valence-electron chi connectivity index (χ2n) is 11.0. The molecule has 1 aliphatic carbocycles. The molecule has 3 atom stereocenters. The first kappa shape index (κ1) is 26.1. The number of benzene rings is 1. The van der Waals surface area contributed by atoms with E-state index < -0.39 is 0 Å². The number of fused-ring (bicyclic) bond motifs is 1. The highest BCUT2D eigenvalue weighted by atomic mass is 16.5. The summed E-state index contributed by atoms with van der Waals surface area (Å²) in [6, 6.07) is 14.1. The smallest absolute Gasteiger partial charge is 0.349 e. The van der Waals surface area contributed by atoms with E-state index >= 15 is 0 Å². The number of nitriles is 1. The fourth-order valence-corrected chi connectivity index (χ4v) is 5.82. The molecular formula is C30H34N8O2. The molecule has 0 radical (unpaired) electrons. The van der Waals surface area contributed by atoms with Gasteiger partial charge < -0.3 is 9.42 Å². The average molecular weight is 539 g/mol. The van der Waals surface area contributed by atoms with Crippen LogP contribution in [0.1, 0.15) is 80.0 Å². The van der Waals surface area contributed by atoms with Crippen LogP contribution in [0.5, 0.6) is 0 Å². The van der Waals surface area contributed by atoms with Crippen LogP contribution < -0.4 is 10.6 Å². The highest BCUT2D eigenvalue weighted by molar-refractivity contribution is 5.86. The molecular weight excluding hydrogens is 504 g/mol. The van der Waals surface area contributed by atoms with Crippen molar-refractivity contribution in [1.29, 1.82) is 5.26 Å². The van der Waals surface area contributed by atoms with Gasteiger partial charge in [-0.3, -0.25) is 9.47 Å². The summed E-state index contributed by atoms with van der Waals surface area (Å²) in [7, 11) is 1.69. The Labute approximate surface area is 233 Å². The SMILES string of the molecule is CCC1CN(C(c2ccc(C)cc2)c2nc(C3CC3)no2)C(CC)CN1c1nc(=O)n(C)c2ccc(C#N)nc12. The average Bonchev–Trinajstić information content (AvgIpc) is 3.72. The first-order chi connectivity index (χ1) is 19.4. The molecule has 10 nitrogen and oxygen atoms in total. The van der Waals surface area contributed by atoms with Crippen molar-refractivity contribution in [3.8, 4) is 6.07 Å². The van der Waals surface area contributed by atoms with E-state index in [1.165, 1.54) is 10.1 Å². The molecule has 1 aliphatic heterocycles. The Morgan fingerprint density at radius 3 is 2.45 bits per heavy atom. The first-order valence-corrected chi connectivity index (χ1v) is 14.1. The molecule has 2 fully saturated rings. The van der Waals surface area contributed by atoms with Crippen LogP contribution in [0.15, 0.2) is 45.7 Å². The van der Waals surface area contributed by atoms with Crippen LogP contribution in [-0.4, -0.2) is 54.7 Å². The van der Waals surface area contributed by atoms with Crippen LogP contribution in [0.3, 0.4) is 0 Å². The summed E-state index contributed by atoms with van der Waals surface area (Å²) in [5.74, 6) is 2.39. The highest BCUT2D eigenvalue weighted by Crippen LogP contribution is 2.41. The molecule has 1 aromatic carbocycles. The minimum absolute atomic E-state index is 0.0527. The summed E-state index contributed by atoms with van der Waals surface area (Å²) in [5.41, 5.74) is 3.52. The lowest BCUT2D eigenvalue weighted by Crippen LogP contribution is -2.59. The van der Waals surface area contributed by atoms with Crippen LogP contribution in [0.2, 0.25) is 0 Å². The third kappa shape index (κ3) is 4.64. The lowest BCUT2D eigenvalue weighted by Gasteiger charge is -2.49. The summed E-state index contributed by atoms with van der Waals surface area (Å²) in [6.45, 7) is 7.78. The Morgan fingerprint density at radius 2 is 1.77 bits per heavy atom. The Balaban J connectivity index is 1.43. The largest absolute Gasteiger partial charge is 0.349 e. The fourth-order valence-electron chi connectivity index (χ4n) is 5.82. The van der Waals surface area contributed by atoms with Gasteiger partial charge >= 0.3 is 5.69 Å². The number of nitrogens with zero attached hydrogens (tertiary/aromatic N) is 8. The van der Waals surface area contributed by atoms with Gasteiger partial charge in [-0.05, 0) is 50.3 Å². The Kier molecular flexibility index (Phi) is 6.84.